The van der Waals surface area contributed by atoms with Crippen LogP contribution in [0.25, 0.3) is 0 Å². The van der Waals surface area contributed by atoms with E-state index < -0.39 is 17.7 Å². The highest BCUT2D eigenvalue weighted by Gasteiger charge is 2.02. The molecule has 0 unspecified atom stereocenters. The van der Waals surface area contributed by atoms with E-state index >= 15 is 0 Å². The number of phenolic OH excluding ortho intramolecular Hbond substituents is 1. The second-order valence-corrected chi connectivity index (χ2v) is 2.44. The number of carboxylic acid groups (broad SMARTS) is 1. The monoisotopic (exact) mass is 185 g/mol. The van der Waals surface area contributed by atoms with Gasteiger partial charge in [0.2, 0.25) is 0 Å². The molecule has 0 saturated carbocycles. The van der Waals surface area contributed by atoms with Gasteiger partial charge in [0.05, 0.1) is 0 Å². The van der Waals surface area contributed by atoms with Gasteiger partial charge in [0.1, 0.15) is 0 Å². The lowest BCUT2D eigenvalue weighted by atomic mass is 10.2. The molecule has 1 rings (SSSR count). The number of amides is 1. The highest BCUT2D eigenvalue weighted by Crippen LogP contribution is 2.16. The molecule has 0 bridgehead atoms. The molecule has 0 aromatic heterocycles. The number of aromatic hydroxyl groups is 1. The van der Waals surface area contributed by atoms with E-state index in [1.54, 1.807) is 0 Å². The van der Waals surface area contributed by atoms with Crippen molar-refractivity contribution >= 4 is 6.09 Å². The Balaban J connectivity index is 2.68. The summed E-state index contributed by atoms with van der Waals surface area (Å²) in [5.74, 6) is -1.20. The van der Waals surface area contributed by atoms with Crippen LogP contribution in [0.4, 0.5) is 9.18 Å². The fourth-order valence-electron chi connectivity index (χ4n) is 0.846. The Morgan fingerprint density at radius 1 is 1.54 bits per heavy atom. The van der Waals surface area contributed by atoms with Gasteiger partial charge in [-0.05, 0) is 17.7 Å². The van der Waals surface area contributed by atoms with Gasteiger partial charge in [-0.25, -0.2) is 9.18 Å². The van der Waals surface area contributed by atoms with E-state index in [9.17, 15) is 9.18 Å². The average Bonchev–Trinajstić information content (AvgIpc) is 2.07. The summed E-state index contributed by atoms with van der Waals surface area (Å²) in [4.78, 5) is 10.1. The van der Waals surface area contributed by atoms with Crippen LogP contribution in [0.1, 0.15) is 5.56 Å². The minimum Gasteiger partial charge on any atom is -0.505 e. The zero-order valence-electron chi connectivity index (χ0n) is 6.62. The van der Waals surface area contributed by atoms with E-state index in [0.717, 1.165) is 6.07 Å². The van der Waals surface area contributed by atoms with Gasteiger partial charge in [0.15, 0.2) is 11.6 Å². The van der Waals surface area contributed by atoms with Gasteiger partial charge in [-0.3, -0.25) is 0 Å². The molecule has 0 spiro atoms. The molecule has 0 heterocycles. The minimum atomic E-state index is -1.16. The first kappa shape index (κ1) is 9.31. The molecule has 70 valence electrons. The lowest BCUT2D eigenvalue weighted by Crippen LogP contribution is -2.19. The Bertz CT molecular complexity index is 327. The van der Waals surface area contributed by atoms with E-state index in [0.29, 0.717) is 5.56 Å². The largest absolute Gasteiger partial charge is 0.505 e. The number of carbonyl (C=O) groups is 1. The zero-order chi connectivity index (χ0) is 9.84. The third-order valence-electron chi connectivity index (χ3n) is 1.45. The molecule has 0 saturated heterocycles. The fourth-order valence-corrected chi connectivity index (χ4v) is 0.846. The standard InChI is InChI=1S/C8H8FNO3/c9-6-2-1-5(3-7(6)11)4-10-8(12)13/h1-3,10-11H,4H2,(H,12,13). The molecule has 5 heteroatoms. The zero-order valence-corrected chi connectivity index (χ0v) is 6.62. The third kappa shape index (κ3) is 2.62. The topological polar surface area (TPSA) is 69.6 Å². The van der Waals surface area contributed by atoms with Gasteiger partial charge in [-0.15, -0.1) is 0 Å². The van der Waals surface area contributed by atoms with Crippen LogP contribution in [0.3, 0.4) is 0 Å². The molecule has 0 aliphatic heterocycles. The molecule has 4 nitrogen and oxygen atoms in total. The second-order valence-electron chi connectivity index (χ2n) is 2.44. The number of rotatable bonds is 2. The summed E-state index contributed by atoms with van der Waals surface area (Å²) in [5, 5.41) is 19.3. The number of benzene rings is 1. The summed E-state index contributed by atoms with van der Waals surface area (Å²) < 4.78 is 12.5. The molecule has 0 aliphatic rings. The maximum atomic E-state index is 12.5. The Labute approximate surface area is 73.6 Å². The van der Waals surface area contributed by atoms with Crippen molar-refractivity contribution in [2.75, 3.05) is 0 Å². The van der Waals surface area contributed by atoms with Gasteiger partial charge >= 0.3 is 6.09 Å². The van der Waals surface area contributed by atoms with Crippen molar-refractivity contribution < 1.29 is 19.4 Å². The number of phenols is 1. The van der Waals surface area contributed by atoms with Gasteiger partial charge in [-0.2, -0.15) is 0 Å². The summed E-state index contributed by atoms with van der Waals surface area (Å²) in [7, 11) is 0. The van der Waals surface area contributed by atoms with Crippen LogP contribution in [-0.4, -0.2) is 16.3 Å². The van der Waals surface area contributed by atoms with Crippen LogP contribution in [-0.2, 0) is 6.54 Å². The Morgan fingerprint density at radius 2 is 2.23 bits per heavy atom. The fraction of sp³-hybridized carbons (Fsp3) is 0.125. The maximum absolute atomic E-state index is 12.5. The molecule has 0 aliphatic carbocycles. The second kappa shape index (κ2) is 3.75. The molecule has 0 fully saturated rings. The average molecular weight is 185 g/mol. The molecular formula is C8H8FNO3. The third-order valence-corrected chi connectivity index (χ3v) is 1.45. The van der Waals surface area contributed by atoms with Gasteiger partial charge in [-0.1, -0.05) is 6.07 Å². The SMILES string of the molecule is O=C(O)NCc1ccc(F)c(O)c1. The summed E-state index contributed by atoms with van der Waals surface area (Å²) in [5.41, 5.74) is 0.501. The van der Waals surface area contributed by atoms with Crippen LogP contribution in [0.2, 0.25) is 0 Å². The van der Waals surface area contributed by atoms with Crippen molar-refractivity contribution in [1.82, 2.24) is 5.32 Å². The van der Waals surface area contributed by atoms with Crippen molar-refractivity contribution in [3.05, 3.63) is 29.6 Å². The normalized spacial score (nSPS) is 9.62. The summed E-state index contributed by atoms with van der Waals surface area (Å²) in [6.07, 6.45) is -1.16. The van der Waals surface area contributed by atoms with Gasteiger partial charge in [0, 0.05) is 6.54 Å². The quantitative estimate of drug-likeness (QED) is 0.650. The molecule has 0 radical (unpaired) electrons. The van der Waals surface area contributed by atoms with Crippen molar-refractivity contribution in [2.24, 2.45) is 0 Å². The lowest BCUT2D eigenvalue weighted by Gasteiger charge is -2.02. The Hall–Kier alpha value is -1.78. The Kier molecular flexibility index (Phi) is 2.69. The van der Waals surface area contributed by atoms with E-state index in [2.05, 4.69) is 5.32 Å². The molecular weight excluding hydrogens is 177 g/mol. The minimum absolute atomic E-state index is 0.0448. The molecule has 1 aromatic carbocycles. The molecule has 1 aromatic rings. The summed E-state index contributed by atoms with van der Waals surface area (Å²) in [6, 6.07) is 3.64. The van der Waals surface area contributed by atoms with E-state index in [1.807, 2.05) is 0 Å². The predicted molar refractivity (Wildman–Crippen MR) is 42.9 cm³/mol. The first-order valence-electron chi connectivity index (χ1n) is 3.54. The van der Waals surface area contributed by atoms with Crippen LogP contribution < -0.4 is 5.32 Å². The van der Waals surface area contributed by atoms with Crippen molar-refractivity contribution in [3.8, 4) is 5.75 Å². The van der Waals surface area contributed by atoms with Crippen LogP contribution >= 0.6 is 0 Å². The van der Waals surface area contributed by atoms with Crippen molar-refractivity contribution in [2.45, 2.75) is 6.54 Å². The van der Waals surface area contributed by atoms with Crippen molar-refractivity contribution in [3.63, 3.8) is 0 Å². The van der Waals surface area contributed by atoms with E-state index in [1.165, 1.54) is 12.1 Å². The first-order valence-corrected chi connectivity index (χ1v) is 3.54. The summed E-state index contributed by atoms with van der Waals surface area (Å²) in [6.45, 7) is 0.0448. The van der Waals surface area contributed by atoms with Gasteiger partial charge in [0.25, 0.3) is 0 Å². The first-order chi connectivity index (χ1) is 6.09. The molecule has 13 heavy (non-hydrogen) atoms. The highest BCUT2D eigenvalue weighted by molar-refractivity contribution is 5.64. The molecule has 0 atom stereocenters. The Morgan fingerprint density at radius 3 is 2.77 bits per heavy atom. The predicted octanol–water partition coefficient (Wildman–Crippen LogP) is 1.30. The van der Waals surface area contributed by atoms with Crippen LogP contribution in [0, 0.1) is 5.82 Å². The lowest BCUT2D eigenvalue weighted by molar-refractivity contribution is 0.194. The van der Waals surface area contributed by atoms with Crippen molar-refractivity contribution in [1.29, 1.82) is 0 Å². The van der Waals surface area contributed by atoms with Gasteiger partial charge < -0.3 is 15.5 Å². The number of hydrogen-bond donors (Lipinski definition) is 3. The molecule has 1 amide bonds. The smallest absolute Gasteiger partial charge is 0.404 e. The highest BCUT2D eigenvalue weighted by atomic mass is 19.1. The maximum Gasteiger partial charge on any atom is 0.404 e. The van der Waals surface area contributed by atoms with E-state index in [4.69, 9.17) is 10.2 Å². The van der Waals surface area contributed by atoms with Crippen LogP contribution in [0.5, 0.6) is 5.75 Å². The summed E-state index contributed by atoms with van der Waals surface area (Å²) >= 11 is 0. The van der Waals surface area contributed by atoms with Crippen LogP contribution in [0.15, 0.2) is 18.2 Å². The molecule has 3 N–H and O–H groups in total. The number of hydrogen-bond acceptors (Lipinski definition) is 2. The number of nitrogens with one attached hydrogen (secondary N) is 1. The van der Waals surface area contributed by atoms with E-state index in [-0.39, 0.29) is 6.54 Å². The number of halogens is 1.